The lowest BCUT2D eigenvalue weighted by Gasteiger charge is -2.13. The van der Waals surface area contributed by atoms with Crippen LogP contribution in [0.1, 0.15) is 52.9 Å². The van der Waals surface area contributed by atoms with E-state index in [0.717, 1.165) is 47.8 Å². The summed E-state index contributed by atoms with van der Waals surface area (Å²) in [6, 6.07) is 7.91. The Morgan fingerprint density at radius 3 is 3.04 bits per heavy atom. The van der Waals surface area contributed by atoms with Gasteiger partial charge in [-0.25, -0.2) is 4.98 Å². The Labute approximate surface area is 170 Å². The number of benzene rings is 1. The summed E-state index contributed by atoms with van der Waals surface area (Å²) in [4.78, 5) is 17.1. The third-order valence-electron chi connectivity index (χ3n) is 4.82. The highest BCUT2D eigenvalue weighted by atomic mass is 35.5. The minimum Gasteiger partial charge on any atom is -0.330 e. The van der Waals surface area contributed by atoms with E-state index in [4.69, 9.17) is 0 Å². The van der Waals surface area contributed by atoms with Gasteiger partial charge in [-0.2, -0.15) is 5.10 Å². The first kappa shape index (κ1) is 20.1. The standard InChI is InChI=1S/C20H24N6O.ClH/c1-13(2)19-22-8-9-26(19)12-14-4-3-5-15(10-14)23-20(27)18-16-11-21-7-6-17(16)24-25-18;/h3-5,8-10,13,21H,6-7,11-12H2,1-2H3,(H,23,27)(H,24,25);1H. The van der Waals surface area contributed by atoms with E-state index in [1.165, 1.54) is 0 Å². The summed E-state index contributed by atoms with van der Waals surface area (Å²) >= 11 is 0. The average molecular weight is 401 g/mol. The van der Waals surface area contributed by atoms with Crippen LogP contribution >= 0.6 is 12.4 Å². The van der Waals surface area contributed by atoms with Crippen LogP contribution in [-0.4, -0.2) is 32.2 Å². The number of imidazole rings is 1. The largest absolute Gasteiger partial charge is 0.330 e. The normalized spacial score (nSPS) is 13.1. The molecule has 0 bridgehead atoms. The van der Waals surface area contributed by atoms with Crippen molar-refractivity contribution in [3.8, 4) is 0 Å². The molecule has 7 nitrogen and oxygen atoms in total. The Morgan fingerprint density at radius 1 is 1.36 bits per heavy atom. The topological polar surface area (TPSA) is 87.6 Å². The van der Waals surface area contributed by atoms with E-state index in [1.807, 2.05) is 30.6 Å². The van der Waals surface area contributed by atoms with Crippen LogP contribution in [0, 0.1) is 0 Å². The number of carbonyl (C=O) groups is 1. The molecule has 0 fully saturated rings. The summed E-state index contributed by atoms with van der Waals surface area (Å²) < 4.78 is 2.14. The molecule has 1 amide bonds. The molecule has 148 valence electrons. The molecule has 2 aromatic heterocycles. The second kappa shape index (κ2) is 8.58. The highest BCUT2D eigenvalue weighted by Crippen LogP contribution is 2.19. The SMILES string of the molecule is CC(C)c1nccn1Cc1cccc(NC(=O)c2n[nH]c3c2CNCC3)c1.Cl. The van der Waals surface area contributed by atoms with Gasteiger partial charge in [0.25, 0.3) is 5.91 Å². The maximum atomic E-state index is 12.7. The average Bonchev–Trinajstić information content (AvgIpc) is 3.28. The molecule has 1 aliphatic rings. The van der Waals surface area contributed by atoms with Crippen molar-refractivity contribution in [3.63, 3.8) is 0 Å². The first-order chi connectivity index (χ1) is 13.1. The number of hydrogen-bond donors (Lipinski definition) is 3. The van der Waals surface area contributed by atoms with Gasteiger partial charge in [0.1, 0.15) is 5.82 Å². The van der Waals surface area contributed by atoms with Gasteiger partial charge in [0, 0.05) is 61.3 Å². The number of aromatic amines is 1. The van der Waals surface area contributed by atoms with Crippen LogP contribution in [0.25, 0.3) is 0 Å². The van der Waals surface area contributed by atoms with Crippen LogP contribution in [0.15, 0.2) is 36.7 Å². The summed E-state index contributed by atoms with van der Waals surface area (Å²) in [5.41, 5.74) is 4.37. The number of rotatable bonds is 5. The van der Waals surface area contributed by atoms with E-state index in [2.05, 4.69) is 50.3 Å². The number of anilines is 1. The fourth-order valence-electron chi connectivity index (χ4n) is 3.50. The van der Waals surface area contributed by atoms with Crippen molar-refractivity contribution in [3.05, 3.63) is 65.0 Å². The molecule has 3 N–H and O–H groups in total. The van der Waals surface area contributed by atoms with Gasteiger partial charge in [-0.3, -0.25) is 9.89 Å². The van der Waals surface area contributed by atoms with Crippen LogP contribution in [0.4, 0.5) is 5.69 Å². The fourth-order valence-corrected chi connectivity index (χ4v) is 3.50. The maximum Gasteiger partial charge on any atom is 0.276 e. The number of nitrogens with one attached hydrogen (secondary N) is 3. The highest BCUT2D eigenvalue weighted by Gasteiger charge is 2.21. The second-order valence-electron chi connectivity index (χ2n) is 7.18. The lowest BCUT2D eigenvalue weighted by molar-refractivity contribution is 0.102. The van der Waals surface area contributed by atoms with Crippen molar-refractivity contribution < 1.29 is 4.79 Å². The van der Waals surface area contributed by atoms with E-state index in [-0.39, 0.29) is 18.3 Å². The Hall–Kier alpha value is -2.64. The van der Waals surface area contributed by atoms with Crippen molar-refractivity contribution in [2.24, 2.45) is 0 Å². The van der Waals surface area contributed by atoms with Crippen LogP contribution in [0.5, 0.6) is 0 Å². The monoisotopic (exact) mass is 400 g/mol. The van der Waals surface area contributed by atoms with Gasteiger partial charge in [-0.15, -0.1) is 12.4 Å². The number of carbonyl (C=O) groups excluding carboxylic acids is 1. The van der Waals surface area contributed by atoms with E-state index in [9.17, 15) is 4.79 Å². The predicted octanol–water partition coefficient (Wildman–Crippen LogP) is 3.10. The summed E-state index contributed by atoms with van der Waals surface area (Å²) in [6.07, 6.45) is 4.69. The molecule has 3 aromatic rings. The van der Waals surface area contributed by atoms with Crippen molar-refractivity contribution in [1.82, 2.24) is 25.1 Å². The molecule has 1 aliphatic heterocycles. The van der Waals surface area contributed by atoms with Gasteiger partial charge in [0.15, 0.2) is 5.69 Å². The maximum absolute atomic E-state index is 12.7. The summed E-state index contributed by atoms with van der Waals surface area (Å²) in [7, 11) is 0. The van der Waals surface area contributed by atoms with E-state index in [0.29, 0.717) is 18.2 Å². The van der Waals surface area contributed by atoms with Gasteiger partial charge in [-0.05, 0) is 17.7 Å². The third kappa shape index (κ3) is 4.10. The van der Waals surface area contributed by atoms with Crippen LogP contribution < -0.4 is 10.6 Å². The summed E-state index contributed by atoms with van der Waals surface area (Å²) in [5.74, 6) is 1.24. The molecule has 0 atom stereocenters. The molecular formula is C20H25ClN6O. The van der Waals surface area contributed by atoms with Crippen LogP contribution in [0.3, 0.4) is 0 Å². The van der Waals surface area contributed by atoms with Crippen LogP contribution in [0.2, 0.25) is 0 Å². The zero-order valence-corrected chi connectivity index (χ0v) is 16.8. The zero-order chi connectivity index (χ0) is 18.8. The molecule has 8 heteroatoms. The minimum absolute atomic E-state index is 0. The molecule has 0 saturated carbocycles. The predicted molar refractivity (Wildman–Crippen MR) is 111 cm³/mol. The zero-order valence-electron chi connectivity index (χ0n) is 16.0. The van der Waals surface area contributed by atoms with Crippen molar-refractivity contribution in [2.75, 3.05) is 11.9 Å². The quantitative estimate of drug-likeness (QED) is 0.614. The number of fused-ring (bicyclic) bond motifs is 1. The van der Waals surface area contributed by atoms with Crippen molar-refractivity contribution >= 4 is 24.0 Å². The van der Waals surface area contributed by atoms with Gasteiger partial charge < -0.3 is 15.2 Å². The first-order valence-electron chi connectivity index (χ1n) is 9.30. The summed E-state index contributed by atoms with van der Waals surface area (Å²) in [5, 5.41) is 13.5. The molecule has 3 heterocycles. The molecule has 1 aromatic carbocycles. The first-order valence-corrected chi connectivity index (χ1v) is 9.30. The highest BCUT2D eigenvalue weighted by molar-refractivity contribution is 6.04. The molecule has 0 aliphatic carbocycles. The lowest BCUT2D eigenvalue weighted by atomic mass is 10.1. The molecule has 0 unspecified atom stereocenters. The van der Waals surface area contributed by atoms with Crippen molar-refractivity contribution in [2.45, 2.75) is 39.3 Å². The number of nitrogens with zero attached hydrogens (tertiary/aromatic N) is 3. The Morgan fingerprint density at radius 2 is 2.21 bits per heavy atom. The molecule has 4 rings (SSSR count). The third-order valence-corrected chi connectivity index (χ3v) is 4.82. The Kier molecular flexibility index (Phi) is 6.16. The molecule has 0 radical (unpaired) electrons. The Balaban J connectivity index is 0.00000225. The van der Waals surface area contributed by atoms with Gasteiger partial charge >= 0.3 is 0 Å². The molecular weight excluding hydrogens is 376 g/mol. The van der Waals surface area contributed by atoms with Gasteiger partial charge in [0.2, 0.25) is 0 Å². The smallest absolute Gasteiger partial charge is 0.276 e. The molecule has 28 heavy (non-hydrogen) atoms. The Bertz CT molecular complexity index is 961. The number of halogens is 1. The van der Waals surface area contributed by atoms with E-state index < -0.39 is 0 Å². The van der Waals surface area contributed by atoms with Gasteiger partial charge in [0.05, 0.1) is 0 Å². The van der Waals surface area contributed by atoms with Crippen LogP contribution in [-0.2, 0) is 19.5 Å². The molecule has 0 saturated heterocycles. The van der Waals surface area contributed by atoms with E-state index in [1.54, 1.807) is 0 Å². The second-order valence-corrected chi connectivity index (χ2v) is 7.18. The van der Waals surface area contributed by atoms with Gasteiger partial charge in [-0.1, -0.05) is 26.0 Å². The summed E-state index contributed by atoms with van der Waals surface area (Å²) in [6.45, 7) is 6.57. The number of hydrogen-bond acceptors (Lipinski definition) is 4. The number of H-pyrrole nitrogens is 1. The van der Waals surface area contributed by atoms with Crippen molar-refractivity contribution in [1.29, 1.82) is 0 Å². The molecule has 0 spiro atoms. The van der Waals surface area contributed by atoms with E-state index >= 15 is 0 Å². The number of amides is 1. The number of aromatic nitrogens is 4. The fraction of sp³-hybridized carbons (Fsp3) is 0.350. The minimum atomic E-state index is -0.182. The lowest BCUT2D eigenvalue weighted by Crippen LogP contribution is -2.25.